The molecule has 1 aromatic carbocycles. The number of amides is 4. The van der Waals surface area contributed by atoms with Crippen molar-refractivity contribution in [2.75, 3.05) is 19.8 Å². The summed E-state index contributed by atoms with van der Waals surface area (Å²) in [5, 5.41) is 13.7. The Labute approximate surface area is 340 Å². The molecule has 2 saturated carbocycles. The number of carbonyl (C=O) groups is 4. The second kappa shape index (κ2) is 15.7. The molecule has 2 aromatic rings. The predicted octanol–water partition coefficient (Wildman–Crippen LogP) is 4.93. The van der Waals surface area contributed by atoms with E-state index in [1.54, 1.807) is 31.2 Å². The van der Waals surface area contributed by atoms with E-state index in [9.17, 15) is 41.1 Å². The van der Waals surface area contributed by atoms with E-state index in [-0.39, 0.29) is 48.9 Å². The number of hydrogen-bond acceptors (Lipinski definition) is 10. The molecule has 3 fully saturated rings. The molecule has 7 rings (SSSR count). The maximum absolute atomic E-state index is 15.2. The predicted molar refractivity (Wildman–Crippen MR) is 206 cm³/mol. The Balaban J connectivity index is 1.30. The molecule has 4 heterocycles. The molecule has 7 atom stereocenters. The van der Waals surface area contributed by atoms with Crippen LogP contribution in [0.25, 0.3) is 10.8 Å². The monoisotopic (exact) mass is 849 g/mol. The van der Waals surface area contributed by atoms with Crippen molar-refractivity contribution in [1.29, 1.82) is 0 Å². The zero-order chi connectivity index (χ0) is 42.7. The third kappa shape index (κ3) is 8.10. The van der Waals surface area contributed by atoms with E-state index >= 15 is 4.79 Å². The van der Waals surface area contributed by atoms with Crippen LogP contribution in [-0.4, -0.2) is 113 Å². The van der Waals surface area contributed by atoms with E-state index in [1.807, 2.05) is 13.0 Å². The first kappa shape index (κ1) is 42.3. The van der Waals surface area contributed by atoms with Gasteiger partial charge in [0, 0.05) is 29.3 Å². The molecule has 19 heteroatoms. The molecule has 3 N–H and O–H groups in total. The Morgan fingerprint density at radius 1 is 1.10 bits per heavy atom. The van der Waals surface area contributed by atoms with Gasteiger partial charge in [0.15, 0.2) is 11.5 Å². The molecular weight excluding hydrogens is 800 g/mol. The highest BCUT2D eigenvalue weighted by atomic mass is 32.2. The molecule has 4 amide bonds. The van der Waals surface area contributed by atoms with Crippen molar-refractivity contribution in [3.05, 3.63) is 36.5 Å². The zero-order valence-electron chi connectivity index (χ0n) is 33.3. The minimum atomic E-state index is -5.10. The average molecular weight is 850 g/mol. The van der Waals surface area contributed by atoms with Crippen molar-refractivity contribution in [3.63, 3.8) is 0 Å². The molecule has 3 aliphatic heterocycles. The summed E-state index contributed by atoms with van der Waals surface area (Å²) in [6.45, 7) is 5.26. The number of ether oxygens (including phenoxy) is 3. The lowest BCUT2D eigenvalue weighted by atomic mass is 9.82. The minimum Gasteiger partial charge on any atom is -0.486 e. The van der Waals surface area contributed by atoms with Gasteiger partial charge in [0.05, 0.1) is 11.8 Å². The number of rotatable bonds is 8. The SMILES string of the molecule is CC[C@@H]1C[C@@H](C)CCC=C[C@@H]2C[C@@]2(C(=O)NS(=O)(=O)C2CC2)NC(=O)[C@@H]2C[C@@H](Oc3nccc4c5c(ccc34)OCCO5)CN2C(=O)[C@H]1N(C(=O)O)C(C)(C)C(F)(F)F. The Morgan fingerprint density at radius 3 is 2.51 bits per heavy atom. The average Bonchev–Trinajstić information content (AvgIpc) is 4.10. The smallest absolute Gasteiger partial charge is 0.411 e. The fourth-order valence-electron chi connectivity index (χ4n) is 8.66. The number of hydrogen-bond donors (Lipinski definition) is 3. The summed E-state index contributed by atoms with van der Waals surface area (Å²) >= 11 is 0. The summed E-state index contributed by atoms with van der Waals surface area (Å²) in [7, 11) is -4.03. The maximum atomic E-state index is 15.2. The first-order valence-corrected chi connectivity index (χ1v) is 21.6. The van der Waals surface area contributed by atoms with Crippen LogP contribution in [-0.2, 0) is 24.4 Å². The molecule has 2 aliphatic carbocycles. The van der Waals surface area contributed by atoms with Gasteiger partial charge in [0.1, 0.15) is 42.5 Å². The molecule has 0 unspecified atom stereocenters. The highest BCUT2D eigenvalue weighted by Crippen LogP contribution is 2.47. The van der Waals surface area contributed by atoms with Gasteiger partial charge in [-0.15, -0.1) is 0 Å². The van der Waals surface area contributed by atoms with Crippen LogP contribution in [0.15, 0.2) is 36.5 Å². The van der Waals surface area contributed by atoms with E-state index in [1.165, 1.54) is 6.20 Å². The van der Waals surface area contributed by atoms with Crippen LogP contribution in [0.2, 0.25) is 0 Å². The minimum absolute atomic E-state index is 0.0561. The second-order valence-electron chi connectivity index (χ2n) is 16.9. The number of alkyl halides is 3. The van der Waals surface area contributed by atoms with E-state index in [4.69, 9.17) is 14.2 Å². The Hall–Kier alpha value is -4.81. The fourth-order valence-corrected chi connectivity index (χ4v) is 10.0. The van der Waals surface area contributed by atoms with Gasteiger partial charge >= 0.3 is 12.3 Å². The van der Waals surface area contributed by atoms with Crippen molar-refractivity contribution in [1.82, 2.24) is 24.8 Å². The number of aromatic nitrogens is 1. The number of pyridine rings is 1. The summed E-state index contributed by atoms with van der Waals surface area (Å²) in [5.74, 6) is -3.44. The molecule has 322 valence electrons. The highest BCUT2D eigenvalue weighted by Gasteiger charge is 2.63. The number of carbonyl (C=O) groups excluding carboxylic acids is 3. The number of carboxylic acid groups (broad SMARTS) is 1. The summed E-state index contributed by atoms with van der Waals surface area (Å²) in [6, 6.07) is 1.74. The van der Waals surface area contributed by atoms with Crippen molar-refractivity contribution in [3.8, 4) is 17.4 Å². The van der Waals surface area contributed by atoms with Gasteiger partial charge in [-0.2, -0.15) is 13.2 Å². The van der Waals surface area contributed by atoms with E-state index in [0.717, 1.165) is 4.90 Å². The molecule has 15 nitrogen and oxygen atoms in total. The third-order valence-corrected chi connectivity index (χ3v) is 14.2. The van der Waals surface area contributed by atoms with Gasteiger partial charge in [-0.3, -0.25) is 24.0 Å². The number of allylic oxidation sites excluding steroid dienone is 1. The molecular formula is C40H50F3N5O10S. The largest absolute Gasteiger partial charge is 0.486 e. The van der Waals surface area contributed by atoms with Crippen molar-refractivity contribution >= 4 is 44.6 Å². The fraction of sp³-hybridized carbons (Fsp3) is 0.625. The van der Waals surface area contributed by atoms with Gasteiger partial charge < -0.3 is 29.5 Å². The Kier molecular flexibility index (Phi) is 11.2. The lowest BCUT2D eigenvalue weighted by Crippen LogP contribution is -2.66. The maximum Gasteiger partial charge on any atom is 0.411 e. The Morgan fingerprint density at radius 2 is 1.83 bits per heavy atom. The number of benzene rings is 1. The normalized spacial score (nSPS) is 29.0. The molecule has 0 radical (unpaired) electrons. The van der Waals surface area contributed by atoms with Gasteiger partial charge in [0.2, 0.25) is 27.7 Å². The van der Waals surface area contributed by atoms with E-state index < -0.39 is 86.4 Å². The molecule has 5 aliphatic rings. The first-order chi connectivity index (χ1) is 27.8. The summed E-state index contributed by atoms with van der Waals surface area (Å²) in [5.41, 5.74) is -4.74. The number of nitrogens with one attached hydrogen (secondary N) is 2. The number of sulfonamides is 1. The summed E-state index contributed by atoms with van der Waals surface area (Å²) in [6.07, 6.45) is -1.11. The number of nitrogens with zero attached hydrogens (tertiary/aromatic N) is 3. The molecule has 0 spiro atoms. The van der Waals surface area contributed by atoms with E-state index in [0.29, 0.717) is 75.0 Å². The topological polar surface area (TPSA) is 194 Å². The van der Waals surface area contributed by atoms with Crippen LogP contribution in [0, 0.1) is 17.8 Å². The van der Waals surface area contributed by atoms with Crippen molar-refractivity contribution in [2.24, 2.45) is 17.8 Å². The van der Waals surface area contributed by atoms with Crippen LogP contribution >= 0.6 is 0 Å². The Bertz CT molecular complexity index is 2150. The number of fused-ring (bicyclic) bond motifs is 5. The van der Waals surface area contributed by atoms with Gasteiger partial charge in [-0.05, 0) is 82.4 Å². The van der Waals surface area contributed by atoms with Crippen LogP contribution in [0.3, 0.4) is 0 Å². The van der Waals surface area contributed by atoms with Gasteiger partial charge in [-0.25, -0.2) is 18.2 Å². The molecule has 0 bridgehead atoms. The summed E-state index contributed by atoms with van der Waals surface area (Å²) < 4.78 is 90.4. The lowest BCUT2D eigenvalue weighted by molar-refractivity contribution is -0.222. The first-order valence-electron chi connectivity index (χ1n) is 20.1. The van der Waals surface area contributed by atoms with Crippen LogP contribution in [0.1, 0.15) is 79.1 Å². The van der Waals surface area contributed by atoms with Crippen LogP contribution in [0.4, 0.5) is 18.0 Å². The lowest BCUT2D eigenvalue weighted by Gasteiger charge is -2.46. The number of halogens is 3. The van der Waals surface area contributed by atoms with Crippen molar-refractivity contribution < 1.29 is 60.1 Å². The van der Waals surface area contributed by atoms with Crippen LogP contribution in [0.5, 0.6) is 17.4 Å². The molecule has 59 heavy (non-hydrogen) atoms. The van der Waals surface area contributed by atoms with Crippen LogP contribution < -0.4 is 24.2 Å². The quantitative estimate of drug-likeness (QED) is 0.305. The standard InChI is InChI=1S/C40H50F3N5O10S/c1-5-23-18-22(2)8-6-7-9-24-20-39(24,36(51)46-59(54,55)26-10-11-26)45-33(49)29-19-25(21-47(29)35(50)31(23)48(37(52)53)38(3,4)40(41,42)43)58-34-28-12-13-30-32(57-17-16-56-30)27(28)14-15-44-34/h7,9,12-15,22-26,29,31H,5-6,8,10-11,16-21H2,1-4H3,(H,45,49)(H,46,51)(H,52,53)/t22-,23+,24+,25+,29-,31-,39+/m0/s1. The highest BCUT2D eigenvalue weighted by molar-refractivity contribution is 7.91. The van der Waals surface area contributed by atoms with Gasteiger partial charge in [-0.1, -0.05) is 32.4 Å². The van der Waals surface area contributed by atoms with E-state index in [2.05, 4.69) is 15.0 Å². The zero-order valence-corrected chi connectivity index (χ0v) is 34.1. The third-order valence-electron chi connectivity index (χ3n) is 12.4. The molecule has 1 aromatic heterocycles. The summed E-state index contributed by atoms with van der Waals surface area (Å²) in [4.78, 5) is 62.3. The van der Waals surface area contributed by atoms with Crippen molar-refractivity contribution in [2.45, 2.75) is 120 Å². The molecule has 1 saturated heterocycles. The second-order valence-corrected chi connectivity index (χ2v) is 18.9. The van der Waals surface area contributed by atoms with Gasteiger partial charge in [0.25, 0.3) is 5.91 Å².